The molecule has 21 heavy (non-hydrogen) atoms. The van der Waals surface area contributed by atoms with Gasteiger partial charge in [0.1, 0.15) is 5.69 Å². The lowest BCUT2D eigenvalue weighted by molar-refractivity contribution is -0.141. The molecule has 0 spiro atoms. The molecule has 2 unspecified atom stereocenters. The van der Waals surface area contributed by atoms with Gasteiger partial charge >= 0.3 is 6.18 Å². The number of carbonyl (C=O) groups excluding carboxylic acids is 1. The standard InChI is InChI=1S/C14H18F3N3O/c15-14(16,17)12-6-5-10(8-19-12)13(21)20-11-4-2-1-3-9(11)7-18/h5-6,8-9,11H,1-4,7,18H2,(H,20,21). The first-order valence-electron chi connectivity index (χ1n) is 6.96. The molecule has 1 aliphatic carbocycles. The highest BCUT2D eigenvalue weighted by Gasteiger charge is 2.32. The first-order chi connectivity index (χ1) is 9.91. The fraction of sp³-hybridized carbons (Fsp3) is 0.571. The summed E-state index contributed by atoms with van der Waals surface area (Å²) in [7, 11) is 0. The Morgan fingerprint density at radius 2 is 2.05 bits per heavy atom. The summed E-state index contributed by atoms with van der Waals surface area (Å²) in [6.45, 7) is 0.496. The van der Waals surface area contributed by atoms with E-state index >= 15 is 0 Å². The van der Waals surface area contributed by atoms with Crippen molar-refractivity contribution in [2.45, 2.75) is 37.9 Å². The first-order valence-corrected chi connectivity index (χ1v) is 6.96. The Hall–Kier alpha value is -1.63. The Bertz CT molecular complexity index is 487. The van der Waals surface area contributed by atoms with Gasteiger partial charge in [-0.05, 0) is 37.4 Å². The van der Waals surface area contributed by atoms with E-state index in [0.29, 0.717) is 6.54 Å². The van der Waals surface area contributed by atoms with Crippen LogP contribution in [0, 0.1) is 5.92 Å². The molecule has 2 atom stereocenters. The van der Waals surface area contributed by atoms with E-state index < -0.39 is 17.8 Å². The van der Waals surface area contributed by atoms with E-state index in [2.05, 4.69) is 10.3 Å². The van der Waals surface area contributed by atoms with Crippen LogP contribution in [0.15, 0.2) is 18.3 Å². The van der Waals surface area contributed by atoms with Crippen molar-refractivity contribution in [3.63, 3.8) is 0 Å². The lowest BCUT2D eigenvalue weighted by Crippen LogP contribution is -2.44. The third kappa shape index (κ3) is 3.93. The van der Waals surface area contributed by atoms with Crippen molar-refractivity contribution >= 4 is 5.91 Å². The van der Waals surface area contributed by atoms with Crippen molar-refractivity contribution in [2.75, 3.05) is 6.54 Å². The first kappa shape index (κ1) is 15.8. The van der Waals surface area contributed by atoms with Crippen molar-refractivity contribution in [1.82, 2.24) is 10.3 Å². The largest absolute Gasteiger partial charge is 0.433 e. The molecule has 1 aromatic rings. The molecule has 1 amide bonds. The van der Waals surface area contributed by atoms with Gasteiger partial charge in [0.2, 0.25) is 0 Å². The average Bonchev–Trinajstić information content (AvgIpc) is 2.47. The fourth-order valence-electron chi connectivity index (χ4n) is 2.63. The molecule has 0 aliphatic heterocycles. The number of halogens is 3. The molecule has 1 aromatic heterocycles. The number of hydrogen-bond donors (Lipinski definition) is 2. The Morgan fingerprint density at radius 1 is 1.33 bits per heavy atom. The molecule has 0 saturated heterocycles. The molecule has 0 aromatic carbocycles. The van der Waals surface area contributed by atoms with Crippen LogP contribution < -0.4 is 11.1 Å². The topological polar surface area (TPSA) is 68.0 Å². The summed E-state index contributed by atoms with van der Waals surface area (Å²) in [6.07, 6.45) is 0.388. The van der Waals surface area contributed by atoms with Crippen LogP contribution in [0.1, 0.15) is 41.7 Å². The van der Waals surface area contributed by atoms with Crippen LogP contribution in [0.3, 0.4) is 0 Å². The molecule has 0 radical (unpaired) electrons. The Morgan fingerprint density at radius 3 is 2.62 bits per heavy atom. The number of nitrogens with zero attached hydrogens (tertiary/aromatic N) is 1. The number of nitrogens with two attached hydrogens (primary N) is 1. The smallest absolute Gasteiger partial charge is 0.349 e. The Balaban J connectivity index is 2.03. The second-order valence-electron chi connectivity index (χ2n) is 5.29. The van der Waals surface area contributed by atoms with Crippen LogP contribution in [0.4, 0.5) is 13.2 Å². The minimum Gasteiger partial charge on any atom is -0.349 e. The van der Waals surface area contributed by atoms with Gasteiger partial charge in [-0.2, -0.15) is 13.2 Å². The maximum Gasteiger partial charge on any atom is 0.433 e. The van der Waals surface area contributed by atoms with Crippen LogP contribution in [0.5, 0.6) is 0 Å². The summed E-state index contributed by atoms with van der Waals surface area (Å²) in [4.78, 5) is 15.4. The number of hydrogen-bond acceptors (Lipinski definition) is 3. The van der Waals surface area contributed by atoms with Gasteiger partial charge in [-0.15, -0.1) is 0 Å². The zero-order chi connectivity index (χ0) is 15.5. The summed E-state index contributed by atoms with van der Waals surface area (Å²) in [5.41, 5.74) is 4.81. The van der Waals surface area contributed by atoms with Crippen molar-refractivity contribution in [1.29, 1.82) is 0 Å². The summed E-state index contributed by atoms with van der Waals surface area (Å²) in [6, 6.07) is 1.94. The number of nitrogens with one attached hydrogen (secondary N) is 1. The van der Waals surface area contributed by atoms with Crippen molar-refractivity contribution in [3.05, 3.63) is 29.6 Å². The lowest BCUT2D eigenvalue weighted by atomic mass is 9.84. The van der Waals surface area contributed by atoms with Crippen LogP contribution in [0.25, 0.3) is 0 Å². The molecule has 1 fully saturated rings. The van der Waals surface area contributed by atoms with Gasteiger partial charge in [0, 0.05) is 12.2 Å². The highest BCUT2D eigenvalue weighted by molar-refractivity contribution is 5.94. The summed E-state index contributed by atoms with van der Waals surface area (Å²) >= 11 is 0. The fourth-order valence-corrected chi connectivity index (χ4v) is 2.63. The van der Waals surface area contributed by atoms with Crippen LogP contribution in [0.2, 0.25) is 0 Å². The Kier molecular flexibility index (Phi) is 4.82. The van der Waals surface area contributed by atoms with Crippen LogP contribution >= 0.6 is 0 Å². The average molecular weight is 301 g/mol. The molecule has 3 N–H and O–H groups in total. The van der Waals surface area contributed by atoms with Crippen molar-refractivity contribution < 1.29 is 18.0 Å². The molecule has 0 bridgehead atoms. The zero-order valence-electron chi connectivity index (χ0n) is 11.5. The van der Waals surface area contributed by atoms with E-state index in [4.69, 9.17) is 5.73 Å². The van der Waals surface area contributed by atoms with E-state index in [9.17, 15) is 18.0 Å². The summed E-state index contributed by atoms with van der Waals surface area (Å²) in [5.74, 6) is -0.174. The van der Waals surface area contributed by atoms with Gasteiger partial charge in [0.25, 0.3) is 5.91 Å². The maximum atomic E-state index is 12.4. The van der Waals surface area contributed by atoms with E-state index in [1.807, 2.05) is 0 Å². The second kappa shape index (κ2) is 6.43. The number of aromatic nitrogens is 1. The molecular formula is C14H18F3N3O. The molecular weight excluding hydrogens is 283 g/mol. The highest BCUT2D eigenvalue weighted by atomic mass is 19.4. The molecule has 1 aliphatic rings. The molecule has 1 heterocycles. The summed E-state index contributed by atoms with van der Waals surface area (Å²) < 4.78 is 37.2. The van der Waals surface area contributed by atoms with E-state index in [0.717, 1.165) is 44.0 Å². The normalized spacial score (nSPS) is 22.9. The monoisotopic (exact) mass is 301 g/mol. The van der Waals surface area contributed by atoms with Crippen molar-refractivity contribution in [3.8, 4) is 0 Å². The number of rotatable bonds is 3. The number of alkyl halides is 3. The van der Waals surface area contributed by atoms with E-state index in [1.165, 1.54) is 0 Å². The summed E-state index contributed by atoms with van der Waals surface area (Å²) in [5, 5.41) is 2.85. The highest BCUT2D eigenvalue weighted by Crippen LogP contribution is 2.27. The lowest BCUT2D eigenvalue weighted by Gasteiger charge is -2.31. The third-order valence-corrected chi connectivity index (χ3v) is 3.84. The molecule has 1 saturated carbocycles. The maximum absolute atomic E-state index is 12.4. The molecule has 116 valence electrons. The van der Waals surface area contributed by atoms with Crippen LogP contribution in [-0.4, -0.2) is 23.5 Å². The predicted molar refractivity (Wildman–Crippen MR) is 71.5 cm³/mol. The van der Waals surface area contributed by atoms with Crippen LogP contribution in [-0.2, 0) is 6.18 Å². The van der Waals surface area contributed by atoms with Crippen molar-refractivity contribution in [2.24, 2.45) is 11.7 Å². The minimum absolute atomic E-state index is 0.0152. The number of pyridine rings is 1. The predicted octanol–water partition coefficient (Wildman–Crippen LogP) is 2.35. The van der Waals surface area contributed by atoms with Gasteiger partial charge in [0.05, 0.1) is 5.56 Å². The zero-order valence-corrected chi connectivity index (χ0v) is 11.5. The van der Waals surface area contributed by atoms with Gasteiger partial charge in [-0.25, -0.2) is 0 Å². The quantitative estimate of drug-likeness (QED) is 0.900. The molecule has 4 nitrogen and oxygen atoms in total. The van der Waals surface area contributed by atoms with Gasteiger partial charge < -0.3 is 11.1 Å². The van der Waals surface area contributed by atoms with E-state index in [-0.39, 0.29) is 17.5 Å². The van der Waals surface area contributed by atoms with Gasteiger partial charge in [-0.1, -0.05) is 12.8 Å². The second-order valence-corrected chi connectivity index (χ2v) is 5.29. The minimum atomic E-state index is -4.50. The number of amides is 1. The van der Waals surface area contributed by atoms with E-state index in [1.54, 1.807) is 0 Å². The molecule has 7 heteroatoms. The number of carbonyl (C=O) groups is 1. The SMILES string of the molecule is NCC1CCCCC1NC(=O)c1ccc(C(F)(F)F)nc1. The molecule has 2 rings (SSSR count). The Labute approximate surface area is 120 Å². The third-order valence-electron chi connectivity index (χ3n) is 3.84. The van der Waals surface area contributed by atoms with Gasteiger partial charge in [0.15, 0.2) is 0 Å². The van der Waals surface area contributed by atoms with Gasteiger partial charge in [-0.3, -0.25) is 9.78 Å².